The minimum absolute atomic E-state index is 0.0583. The van der Waals surface area contributed by atoms with Gasteiger partial charge < -0.3 is 24.3 Å². The molecule has 5 atom stereocenters. The molecule has 1 aromatic rings. The lowest BCUT2D eigenvalue weighted by molar-refractivity contribution is -0.0405. The summed E-state index contributed by atoms with van der Waals surface area (Å²) in [6.07, 6.45) is 1.62. The first-order valence-electron chi connectivity index (χ1n) is 9.97. The Kier molecular flexibility index (Phi) is 9.59. The number of aryl methyl sites for hydroxylation is 1. The Balaban J connectivity index is 2.29. The summed E-state index contributed by atoms with van der Waals surface area (Å²) in [7, 11) is -16.8. The van der Waals surface area contributed by atoms with Crippen LogP contribution in [0.1, 0.15) is 51.3 Å². The van der Waals surface area contributed by atoms with Gasteiger partial charge in [0, 0.05) is 18.2 Å². The molecule has 1 aliphatic heterocycles. The fraction of sp³-hybridized carbons (Fsp3) is 0.625. The second-order valence-corrected chi connectivity index (χ2v) is 12.0. The Morgan fingerprint density at radius 2 is 1.85 bits per heavy atom. The van der Waals surface area contributed by atoms with Crippen LogP contribution in [0.25, 0.3) is 0 Å². The molecule has 1 aromatic heterocycles. The first-order valence-corrected chi connectivity index (χ1v) is 14.5. The van der Waals surface area contributed by atoms with Crippen LogP contribution in [0.3, 0.4) is 0 Å². The lowest BCUT2D eigenvalue weighted by atomic mass is 10.1. The molecule has 5 N–H and O–H groups in total. The van der Waals surface area contributed by atoms with Gasteiger partial charge in [0.15, 0.2) is 6.23 Å². The van der Waals surface area contributed by atoms with Crippen molar-refractivity contribution < 1.29 is 51.2 Å². The van der Waals surface area contributed by atoms with E-state index in [4.69, 9.17) is 19.0 Å². The van der Waals surface area contributed by atoms with Crippen molar-refractivity contribution in [3.8, 4) is 0 Å². The predicted octanol–water partition coefficient (Wildman–Crippen LogP) is 1.98. The lowest BCUT2D eigenvalue weighted by Crippen LogP contribution is -2.36. The number of aromatic nitrogens is 2. The Morgan fingerprint density at radius 3 is 2.44 bits per heavy atom. The highest BCUT2D eigenvalue weighted by Gasteiger charge is 2.46. The molecule has 34 heavy (non-hydrogen) atoms. The molecule has 0 amide bonds. The minimum Gasteiger partial charge on any atom is -0.352 e. The zero-order valence-corrected chi connectivity index (χ0v) is 21.2. The first kappa shape index (κ1) is 29.0. The van der Waals surface area contributed by atoms with E-state index in [9.17, 15) is 33.1 Å². The Morgan fingerprint density at radius 1 is 1.21 bits per heavy atom. The van der Waals surface area contributed by atoms with Crippen LogP contribution in [-0.2, 0) is 31.6 Å². The topological polar surface area (TPSA) is 224 Å². The van der Waals surface area contributed by atoms with E-state index in [1.54, 1.807) is 0 Å². The number of nitrogens with zero attached hydrogens (tertiary/aromatic N) is 1. The van der Waals surface area contributed by atoms with E-state index in [0.29, 0.717) is 12.8 Å². The Bertz CT molecular complexity index is 1170. The molecule has 0 bridgehead atoms. The number of H-pyrrole nitrogens is 1. The van der Waals surface area contributed by atoms with E-state index in [-0.39, 0.29) is 12.0 Å². The van der Waals surface area contributed by atoms with Crippen molar-refractivity contribution in [1.82, 2.24) is 9.55 Å². The molecule has 0 spiro atoms. The van der Waals surface area contributed by atoms with Gasteiger partial charge in [0.1, 0.15) is 6.10 Å². The van der Waals surface area contributed by atoms with E-state index in [1.165, 1.54) is 6.92 Å². The molecule has 2 heterocycles. The molecule has 0 aromatic carbocycles. The van der Waals surface area contributed by atoms with Crippen LogP contribution in [0, 0.1) is 6.92 Å². The molecule has 18 heteroatoms. The SMILES string of the molecule is CCC(C)=CCC[C@@H]1CC(OP(=O)(O)OP(=O)(O)OP(=O)(O)O)[C@H](n2cc(C)c(=O)[nH]c2=O)O1. The van der Waals surface area contributed by atoms with Crippen molar-refractivity contribution >= 4 is 23.5 Å². The van der Waals surface area contributed by atoms with Gasteiger partial charge in [0.2, 0.25) is 0 Å². The third-order valence-electron chi connectivity index (χ3n) is 4.79. The van der Waals surface area contributed by atoms with Gasteiger partial charge in [-0.25, -0.2) is 18.5 Å². The molecule has 0 saturated carbocycles. The third-order valence-corrected chi connectivity index (χ3v) is 8.65. The highest BCUT2D eigenvalue weighted by atomic mass is 31.3. The maximum absolute atomic E-state index is 12.3. The molecule has 3 unspecified atom stereocenters. The number of nitrogens with one attached hydrogen (secondary N) is 1. The summed E-state index contributed by atoms with van der Waals surface area (Å²) in [5.74, 6) is 0. The van der Waals surface area contributed by atoms with E-state index >= 15 is 0 Å². The number of aromatic amines is 1. The van der Waals surface area contributed by atoms with Gasteiger partial charge in [-0.05, 0) is 33.1 Å². The standard InChI is InChI=1S/C16H27N2O13P3/c1-4-10(2)6-5-7-12-8-13(15(28-12)18-9-11(3)14(19)17-16(18)20)29-33(24,25)31-34(26,27)30-32(21,22)23/h6,9,12-13,15H,4-5,7-8H2,1-3H3,(H,24,25)(H,26,27)(H,17,19,20)(H2,21,22,23)/t12-,13?,15-/m1/s1. The summed E-state index contributed by atoms with van der Waals surface area (Å²) in [5.41, 5.74) is -0.291. The van der Waals surface area contributed by atoms with E-state index in [1.807, 2.05) is 19.9 Å². The van der Waals surface area contributed by atoms with Crippen molar-refractivity contribution in [2.75, 3.05) is 0 Å². The maximum Gasteiger partial charge on any atom is 0.490 e. The normalized spacial score (nSPS) is 25.1. The number of ether oxygens (including phenoxy) is 1. The summed E-state index contributed by atoms with van der Waals surface area (Å²) in [5, 5.41) is 0. The molecular weight excluding hydrogens is 521 g/mol. The minimum atomic E-state index is -5.72. The second-order valence-electron chi connectivity index (χ2n) is 7.58. The van der Waals surface area contributed by atoms with Crippen LogP contribution in [0.5, 0.6) is 0 Å². The molecule has 0 aliphatic carbocycles. The maximum atomic E-state index is 12.3. The summed E-state index contributed by atoms with van der Waals surface area (Å²) in [6.45, 7) is 5.34. The largest absolute Gasteiger partial charge is 0.490 e. The zero-order chi connectivity index (χ0) is 25.9. The lowest BCUT2D eigenvalue weighted by Gasteiger charge is -2.23. The molecule has 15 nitrogen and oxygen atoms in total. The van der Waals surface area contributed by atoms with Crippen molar-refractivity contribution in [1.29, 1.82) is 0 Å². The fourth-order valence-electron chi connectivity index (χ4n) is 3.15. The van der Waals surface area contributed by atoms with Gasteiger partial charge in [-0.15, -0.1) is 0 Å². The van der Waals surface area contributed by atoms with Gasteiger partial charge >= 0.3 is 29.2 Å². The van der Waals surface area contributed by atoms with Crippen molar-refractivity contribution in [3.05, 3.63) is 44.2 Å². The summed E-state index contributed by atoms with van der Waals surface area (Å²) in [6, 6.07) is 0. The number of phosphoric ester groups is 1. The van der Waals surface area contributed by atoms with Crippen LogP contribution in [0.15, 0.2) is 27.4 Å². The first-order chi connectivity index (χ1) is 15.5. The van der Waals surface area contributed by atoms with E-state index < -0.39 is 53.2 Å². The highest BCUT2D eigenvalue weighted by Crippen LogP contribution is 2.67. The van der Waals surface area contributed by atoms with Gasteiger partial charge in [-0.2, -0.15) is 8.62 Å². The quantitative estimate of drug-likeness (QED) is 0.197. The molecule has 1 saturated heterocycles. The summed E-state index contributed by atoms with van der Waals surface area (Å²) < 4.78 is 54.0. The smallest absolute Gasteiger partial charge is 0.352 e. The highest BCUT2D eigenvalue weighted by molar-refractivity contribution is 7.66. The Hall–Kier alpha value is -1.21. The van der Waals surface area contributed by atoms with Crippen LogP contribution in [-0.4, -0.2) is 41.3 Å². The predicted molar refractivity (Wildman–Crippen MR) is 117 cm³/mol. The molecular formula is C16H27N2O13P3. The van der Waals surface area contributed by atoms with Crippen LogP contribution in [0.4, 0.5) is 0 Å². The monoisotopic (exact) mass is 548 g/mol. The van der Waals surface area contributed by atoms with Crippen LogP contribution < -0.4 is 11.2 Å². The average Bonchev–Trinajstić information content (AvgIpc) is 3.02. The van der Waals surface area contributed by atoms with Crippen molar-refractivity contribution in [2.45, 2.75) is 64.9 Å². The molecule has 0 radical (unpaired) electrons. The second kappa shape index (κ2) is 11.2. The number of rotatable bonds is 11. The average molecular weight is 548 g/mol. The van der Waals surface area contributed by atoms with E-state index in [0.717, 1.165) is 22.8 Å². The van der Waals surface area contributed by atoms with Crippen molar-refractivity contribution in [2.24, 2.45) is 0 Å². The summed E-state index contributed by atoms with van der Waals surface area (Å²) in [4.78, 5) is 62.7. The number of allylic oxidation sites excluding steroid dienone is 2. The molecule has 1 fully saturated rings. The fourth-order valence-corrected chi connectivity index (χ4v) is 6.34. The third kappa shape index (κ3) is 8.78. The molecule has 194 valence electrons. The number of hydrogen-bond acceptors (Lipinski definition) is 9. The van der Waals surface area contributed by atoms with Gasteiger partial charge in [-0.1, -0.05) is 18.6 Å². The van der Waals surface area contributed by atoms with Gasteiger partial charge in [-0.3, -0.25) is 18.9 Å². The van der Waals surface area contributed by atoms with Crippen molar-refractivity contribution in [3.63, 3.8) is 0 Å². The van der Waals surface area contributed by atoms with Crippen LogP contribution in [0.2, 0.25) is 0 Å². The molecule has 2 rings (SSSR count). The summed E-state index contributed by atoms with van der Waals surface area (Å²) >= 11 is 0. The van der Waals surface area contributed by atoms with Gasteiger partial charge in [0.25, 0.3) is 5.56 Å². The number of phosphoric acid groups is 3. The number of hydrogen-bond donors (Lipinski definition) is 5. The Labute approximate surface area is 193 Å². The van der Waals surface area contributed by atoms with Crippen LogP contribution >= 0.6 is 23.5 Å². The van der Waals surface area contributed by atoms with Gasteiger partial charge in [0.05, 0.1) is 6.10 Å². The van der Waals surface area contributed by atoms with E-state index in [2.05, 4.69) is 13.6 Å². The zero-order valence-electron chi connectivity index (χ0n) is 18.5. The molecule has 1 aliphatic rings.